The highest BCUT2D eigenvalue weighted by atomic mass is 127. The normalized spacial score (nSPS) is 12.2. The summed E-state index contributed by atoms with van der Waals surface area (Å²) in [6, 6.07) is 11.5. The summed E-state index contributed by atoms with van der Waals surface area (Å²) in [5, 5.41) is 3.27. The van der Waals surface area contributed by atoms with Crippen molar-refractivity contribution in [1.29, 1.82) is 0 Å². The zero-order valence-electron chi connectivity index (χ0n) is 9.32. The van der Waals surface area contributed by atoms with Crippen LogP contribution in [0.5, 0.6) is 0 Å². The summed E-state index contributed by atoms with van der Waals surface area (Å²) < 4.78 is 13.9. The number of hydrogen-bond donors (Lipinski definition) is 1. The Kier molecular flexibility index (Phi) is 3.93. The van der Waals surface area contributed by atoms with Crippen LogP contribution in [0.25, 0.3) is 0 Å². The second-order valence-corrected chi connectivity index (χ2v) is 5.03. The van der Waals surface area contributed by atoms with E-state index in [4.69, 9.17) is 0 Å². The van der Waals surface area contributed by atoms with Crippen LogP contribution in [-0.2, 0) is 0 Å². The molecule has 0 amide bonds. The molecule has 1 N–H and O–H groups in total. The van der Waals surface area contributed by atoms with Gasteiger partial charge in [0, 0.05) is 9.61 Å². The Bertz CT molecular complexity index is 482. The van der Waals surface area contributed by atoms with Crippen molar-refractivity contribution in [3.05, 3.63) is 57.7 Å². The smallest absolute Gasteiger partial charge is 0.212 e. The largest absolute Gasteiger partial charge is 0.377 e. The van der Waals surface area contributed by atoms with Gasteiger partial charge in [0.2, 0.25) is 5.95 Å². The molecule has 17 heavy (non-hydrogen) atoms. The second-order valence-electron chi connectivity index (χ2n) is 3.79. The van der Waals surface area contributed by atoms with Gasteiger partial charge in [-0.3, -0.25) is 0 Å². The van der Waals surface area contributed by atoms with E-state index >= 15 is 0 Å². The first-order chi connectivity index (χ1) is 8.15. The maximum atomic E-state index is 12.7. The molecule has 0 bridgehead atoms. The summed E-state index contributed by atoms with van der Waals surface area (Å²) in [6.45, 7) is 2.06. The van der Waals surface area contributed by atoms with Crippen LogP contribution >= 0.6 is 22.6 Å². The minimum absolute atomic E-state index is 0.166. The maximum Gasteiger partial charge on any atom is 0.212 e. The maximum absolute atomic E-state index is 12.7. The number of hydrogen-bond acceptors (Lipinski definition) is 2. The van der Waals surface area contributed by atoms with Gasteiger partial charge in [-0.25, -0.2) is 4.98 Å². The van der Waals surface area contributed by atoms with Crippen molar-refractivity contribution in [2.24, 2.45) is 0 Å². The van der Waals surface area contributed by atoms with Gasteiger partial charge in [-0.05, 0) is 59.3 Å². The van der Waals surface area contributed by atoms with Crippen molar-refractivity contribution >= 4 is 28.3 Å². The van der Waals surface area contributed by atoms with Crippen molar-refractivity contribution in [2.75, 3.05) is 5.32 Å². The molecule has 0 aliphatic heterocycles. The molecule has 0 aliphatic carbocycles. The summed E-state index contributed by atoms with van der Waals surface area (Å²) in [6.07, 6.45) is 1.50. The Labute approximate surface area is 113 Å². The number of aromatic nitrogens is 1. The molecule has 2 nitrogen and oxygen atoms in total. The van der Waals surface area contributed by atoms with Crippen LogP contribution in [-0.4, -0.2) is 4.98 Å². The van der Waals surface area contributed by atoms with Crippen LogP contribution in [0.3, 0.4) is 0 Å². The molecule has 1 heterocycles. The lowest BCUT2D eigenvalue weighted by Gasteiger charge is -2.15. The summed E-state index contributed by atoms with van der Waals surface area (Å²) in [5.41, 5.74) is 2.01. The summed E-state index contributed by atoms with van der Waals surface area (Å²) in [7, 11) is 0. The van der Waals surface area contributed by atoms with Gasteiger partial charge in [-0.1, -0.05) is 12.1 Å². The minimum atomic E-state index is -0.461. The number of anilines is 1. The minimum Gasteiger partial charge on any atom is -0.377 e. The first kappa shape index (κ1) is 12.3. The molecule has 0 saturated carbocycles. The summed E-state index contributed by atoms with van der Waals surface area (Å²) in [4.78, 5) is 3.61. The Morgan fingerprint density at radius 1 is 1.18 bits per heavy atom. The van der Waals surface area contributed by atoms with Crippen molar-refractivity contribution < 1.29 is 4.39 Å². The Morgan fingerprint density at radius 3 is 2.47 bits per heavy atom. The van der Waals surface area contributed by atoms with Crippen molar-refractivity contribution in [3.63, 3.8) is 0 Å². The monoisotopic (exact) mass is 342 g/mol. The number of rotatable bonds is 3. The van der Waals surface area contributed by atoms with Gasteiger partial charge >= 0.3 is 0 Å². The molecule has 0 radical (unpaired) electrons. The molecular formula is C13H12FIN2. The third-order valence-electron chi connectivity index (χ3n) is 2.48. The van der Waals surface area contributed by atoms with E-state index in [0.29, 0.717) is 0 Å². The van der Waals surface area contributed by atoms with Gasteiger partial charge in [0.1, 0.15) is 0 Å². The molecule has 1 atom stereocenters. The predicted octanol–water partition coefficient (Wildman–Crippen LogP) is 4.00. The first-order valence-electron chi connectivity index (χ1n) is 5.29. The average molecular weight is 342 g/mol. The highest BCUT2D eigenvalue weighted by Gasteiger charge is 2.05. The van der Waals surface area contributed by atoms with Crippen LogP contribution < -0.4 is 5.32 Å². The van der Waals surface area contributed by atoms with Gasteiger partial charge in [0.05, 0.1) is 11.9 Å². The Morgan fingerprint density at radius 2 is 1.88 bits per heavy atom. The quantitative estimate of drug-likeness (QED) is 0.674. The predicted molar refractivity (Wildman–Crippen MR) is 75.4 cm³/mol. The van der Waals surface area contributed by atoms with Gasteiger partial charge in [-0.2, -0.15) is 4.39 Å². The topological polar surface area (TPSA) is 24.9 Å². The van der Waals surface area contributed by atoms with E-state index in [1.165, 1.54) is 21.4 Å². The number of nitrogens with one attached hydrogen (secondary N) is 1. The van der Waals surface area contributed by atoms with E-state index in [-0.39, 0.29) is 6.04 Å². The highest BCUT2D eigenvalue weighted by Crippen LogP contribution is 2.19. The van der Waals surface area contributed by atoms with Crippen LogP contribution in [0.2, 0.25) is 0 Å². The lowest BCUT2D eigenvalue weighted by molar-refractivity contribution is 0.584. The van der Waals surface area contributed by atoms with E-state index in [0.717, 1.165) is 5.69 Å². The molecule has 2 aromatic rings. The van der Waals surface area contributed by atoms with E-state index in [9.17, 15) is 4.39 Å². The molecule has 1 unspecified atom stereocenters. The fraction of sp³-hybridized carbons (Fsp3) is 0.154. The van der Waals surface area contributed by atoms with E-state index in [1.54, 1.807) is 6.07 Å². The zero-order chi connectivity index (χ0) is 12.3. The molecule has 0 spiro atoms. The van der Waals surface area contributed by atoms with Crippen molar-refractivity contribution in [3.8, 4) is 0 Å². The van der Waals surface area contributed by atoms with Gasteiger partial charge < -0.3 is 5.32 Å². The molecule has 1 aromatic heterocycles. The van der Waals surface area contributed by atoms with Crippen molar-refractivity contribution in [2.45, 2.75) is 13.0 Å². The van der Waals surface area contributed by atoms with Gasteiger partial charge in [0.25, 0.3) is 0 Å². The van der Waals surface area contributed by atoms with Crippen molar-refractivity contribution in [1.82, 2.24) is 4.98 Å². The number of benzene rings is 1. The molecule has 4 heteroatoms. The summed E-state index contributed by atoms with van der Waals surface area (Å²) in [5.74, 6) is -0.461. The third kappa shape index (κ3) is 3.39. The Balaban J connectivity index is 2.08. The first-order valence-corrected chi connectivity index (χ1v) is 6.36. The third-order valence-corrected chi connectivity index (χ3v) is 3.20. The van der Waals surface area contributed by atoms with Crippen LogP contribution in [0.1, 0.15) is 18.5 Å². The molecule has 2 rings (SSSR count). The van der Waals surface area contributed by atoms with Crippen LogP contribution in [0.15, 0.2) is 42.6 Å². The SMILES string of the molecule is CC(Nc1ccc(F)nc1)c1ccc(I)cc1. The number of nitrogens with zero attached hydrogens (tertiary/aromatic N) is 1. The molecule has 1 aromatic carbocycles. The van der Waals surface area contributed by atoms with Crippen LogP contribution in [0.4, 0.5) is 10.1 Å². The standard InChI is InChI=1S/C13H12FIN2/c1-9(10-2-4-11(15)5-3-10)17-12-6-7-13(14)16-8-12/h2-9,17H,1H3. The highest BCUT2D eigenvalue weighted by molar-refractivity contribution is 14.1. The number of pyridine rings is 1. The van der Waals surface area contributed by atoms with E-state index in [1.807, 2.05) is 0 Å². The molecule has 0 aliphatic rings. The molecular weight excluding hydrogens is 330 g/mol. The Hall–Kier alpha value is -1.17. The molecule has 0 fully saturated rings. The fourth-order valence-corrected chi connectivity index (χ4v) is 1.91. The van der Waals surface area contributed by atoms with Gasteiger partial charge in [-0.15, -0.1) is 0 Å². The lowest BCUT2D eigenvalue weighted by Crippen LogP contribution is -2.06. The molecule has 88 valence electrons. The lowest BCUT2D eigenvalue weighted by atomic mass is 10.1. The zero-order valence-corrected chi connectivity index (χ0v) is 11.5. The molecule has 0 saturated heterocycles. The summed E-state index contributed by atoms with van der Waals surface area (Å²) >= 11 is 2.28. The van der Waals surface area contributed by atoms with Gasteiger partial charge in [0.15, 0.2) is 0 Å². The van der Waals surface area contributed by atoms with E-state index < -0.39 is 5.95 Å². The second kappa shape index (κ2) is 5.44. The van der Waals surface area contributed by atoms with E-state index in [2.05, 4.69) is 64.1 Å². The number of halogens is 2. The van der Waals surface area contributed by atoms with Crippen LogP contribution in [0, 0.1) is 9.52 Å². The average Bonchev–Trinajstić information content (AvgIpc) is 2.33. The fourth-order valence-electron chi connectivity index (χ4n) is 1.55.